The second-order valence-corrected chi connectivity index (χ2v) is 6.04. The fraction of sp³-hybridized carbons (Fsp3) is 0.111. The van der Waals surface area contributed by atoms with E-state index in [4.69, 9.17) is 4.74 Å². The Hall–Kier alpha value is -2.40. The minimum Gasteiger partial charge on any atom is -0.483 e. The quantitative estimate of drug-likeness (QED) is 0.743. The highest BCUT2D eigenvalue weighted by Crippen LogP contribution is 2.25. The highest BCUT2D eigenvalue weighted by atomic mass is 79.9. The van der Waals surface area contributed by atoms with Crippen LogP contribution in [0.1, 0.15) is 5.69 Å². The fourth-order valence-electron chi connectivity index (χ4n) is 2.26. The number of aryl methyl sites for hydroxylation is 1. The van der Waals surface area contributed by atoms with Crippen LogP contribution in [-0.2, 0) is 4.79 Å². The van der Waals surface area contributed by atoms with Crippen molar-refractivity contribution < 1.29 is 9.53 Å². The number of anilines is 1. The van der Waals surface area contributed by atoms with E-state index in [9.17, 15) is 4.79 Å². The number of hydrogen-bond acceptors (Lipinski definition) is 3. The summed E-state index contributed by atoms with van der Waals surface area (Å²) in [6.07, 6.45) is 0. The van der Waals surface area contributed by atoms with Crippen molar-refractivity contribution in [1.82, 2.24) is 4.98 Å². The van der Waals surface area contributed by atoms with E-state index >= 15 is 0 Å². The van der Waals surface area contributed by atoms with Crippen LogP contribution in [0.5, 0.6) is 5.75 Å². The molecule has 5 heteroatoms. The van der Waals surface area contributed by atoms with Gasteiger partial charge in [0, 0.05) is 27.3 Å². The molecule has 0 bridgehead atoms. The lowest BCUT2D eigenvalue weighted by atomic mass is 10.2. The van der Waals surface area contributed by atoms with Crippen LogP contribution in [0.2, 0.25) is 0 Å². The Balaban J connectivity index is 1.70. The van der Waals surface area contributed by atoms with Crippen LogP contribution in [0, 0.1) is 6.92 Å². The van der Waals surface area contributed by atoms with E-state index in [1.54, 1.807) is 0 Å². The molecule has 2 aromatic carbocycles. The zero-order chi connectivity index (χ0) is 16.2. The van der Waals surface area contributed by atoms with Crippen molar-refractivity contribution in [3.8, 4) is 5.75 Å². The summed E-state index contributed by atoms with van der Waals surface area (Å²) in [4.78, 5) is 16.5. The van der Waals surface area contributed by atoms with Crippen LogP contribution in [-0.4, -0.2) is 17.5 Å². The first-order valence-corrected chi connectivity index (χ1v) is 7.96. The van der Waals surface area contributed by atoms with Gasteiger partial charge in [0.15, 0.2) is 6.61 Å². The largest absolute Gasteiger partial charge is 0.483 e. The number of nitrogens with one attached hydrogen (secondary N) is 1. The Labute approximate surface area is 142 Å². The van der Waals surface area contributed by atoms with Gasteiger partial charge in [0.1, 0.15) is 5.75 Å². The first-order chi connectivity index (χ1) is 11.1. The van der Waals surface area contributed by atoms with Crippen molar-refractivity contribution in [2.45, 2.75) is 6.92 Å². The number of para-hydroxylation sites is 1. The Kier molecular flexibility index (Phi) is 4.57. The number of fused-ring (bicyclic) bond motifs is 1. The molecule has 0 saturated carbocycles. The molecule has 0 radical (unpaired) electrons. The summed E-state index contributed by atoms with van der Waals surface area (Å²) >= 11 is 3.36. The van der Waals surface area contributed by atoms with Gasteiger partial charge in [-0.05, 0) is 43.3 Å². The summed E-state index contributed by atoms with van der Waals surface area (Å²) in [6, 6.07) is 17.0. The van der Waals surface area contributed by atoms with Crippen LogP contribution in [0.3, 0.4) is 0 Å². The van der Waals surface area contributed by atoms with Crippen LogP contribution < -0.4 is 10.1 Å². The summed E-state index contributed by atoms with van der Waals surface area (Å²) in [7, 11) is 0. The van der Waals surface area contributed by atoms with E-state index in [0.29, 0.717) is 5.75 Å². The number of halogens is 1. The summed E-state index contributed by atoms with van der Waals surface area (Å²) in [6.45, 7) is 1.85. The van der Waals surface area contributed by atoms with Gasteiger partial charge in [0.25, 0.3) is 5.91 Å². The van der Waals surface area contributed by atoms with Crippen molar-refractivity contribution in [3.05, 3.63) is 64.8 Å². The zero-order valence-corrected chi connectivity index (χ0v) is 14.1. The molecule has 4 nitrogen and oxygen atoms in total. The second-order valence-electron chi connectivity index (χ2n) is 5.12. The first-order valence-electron chi connectivity index (χ1n) is 7.16. The average molecular weight is 371 g/mol. The average Bonchev–Trinajstić information content (AvgIpc) is 2.54. The van der Waals surface area contributed by atoms with E-state index in [-0.39, 0.29) is 12.5 Å². The topological polar surface area (TPSA) is 51.2 Å². The third kappa shape index (κ3) is 3.87. The standard InChI is InChI=1S/C18H15BrN2O2/c1-12-10-17(15-4-2-3-5-16(15)20-12)23-11-18(22)21-14-8-6-13(19)7-9-14/h2-10H,11H2,1H3,(H,21,22). The van der Waals surface area contributed by atoms with Gasteiger partial charge in [-0.15, -0.1) is 0 Å². The lowest BCUT2D eigenvalue weighted by Crippen LogP contribution is -2.20. The van der Waals surface area contributed by atoms with Crippen molar-refractivity contribution in [1.29, 1.82) is 0 Å². The molecule has 0 fully saturated rings. The smallest absolute Gasteiger partial charge is 0.262 e. The van der Waals surface area contributed by atoms with Crippen molar-refractivity contribution >= 4 is 38.4 Å². The SMILES string of the molecule is Cc1cc(OCC(=O)Nc2ccc(Br)cc2)c2ccccc2n1. The molecule has 1 amide bonds. The maximum absolute atomic E-state index is 12.0. The number of amides is 1. The van der Waals surface area contributed by atoms with Crippen molar-refractivity contribution in [2.24, 2.45) is 0 Å². The molecule has 0 aliphatic rings. The Morgan fingerprint density at radius 3 is 2.70 bits per heavy atom. The number of carbonyl (C=O) groups excluding carboxylic acids is 1. The van der Waals surface area contributed by atoms with Gasteiger partial charge in [-0.1, -0.05) is 28.1 Å². The van der Waals surface area contributed by atoms with Crippen molar-refractivity contribution in [2.75, 3.05) is 11.9 Å². The van der Waals surface area contributed by atoms with Gasteiger partial charge in [-0.2, -0.15) is 0 Å². The van der Waals surface area contributed by atoms with Crippen LogP contribution in [0.4, 0.5) is 5.69 Å². The number of hydrogen-bond donors (Lipinski definition) is 1. The highest BCUT2D eigenvalue weighted by molar-refractivity contribution is 9.10. The molecule has 1 heterocycles. The molecule has 1 aromatic heterocycles. The molecule has 0 aliphatic carbocycles. The Morgan fingerprint density at radius 1 is 1.17 bits per heavy atom. The summed E-state index contributed by atoms with van der Waals surface area (Å²) in [5.74, 6) is 0.463. The molecule has 0 unspecified atom stereocenters. The first kappa shape index (κ1) is 15.5. The minimum atomic E-state index is -0.203. The minimum absolute atomic E-state index is 0.0521. The summed E-state index contributed by atoms with van der Waals surface area (Å²) < 4.78 is 6.66. The molecular formula is C18H15BrN2O2. The molecule has 0 aliphatic heterocycles. The van der Waals surface area contributed by atoms with Gasteiger partial charge in [0.2, 0.25) is 0 Å². The van der Waals surface area contributed by atoms with Gasteiger partial charge >= 0.3 is 0 Å². The van der Waals surface area contributed by atoms with Gasteiger partial charge in [0.05, 0.1) is 5.52 Å². The number of rotatable bonds is 4. The van der Waals surface area contributed by atoms with Gasteiger partial charge in [-0.3, -0.25) is 9.78 Å². The Morgan fingerprint density at radius 2 is 1.91 bits per heavy atom. The highest BCUT2D eigenvalue weighted by Gasteiger charge is 2.08. The van der Waals surface area contributed by atoms with E-state index in [0.717, 1.165) is 26.8 Å². The molecule has 3 aromatic rings. The number of ether oxygens (including phenoxy) is 1. The normalized spacial score (nSPS) is 10.5. The number of aromatic nitrogens is 1. The Bertz CT molecular complexity index is 847. The van der Waals surface area contributed by atoms with Gasteiger partial charge < -0.3 is 10.1 Å². The summed E-state index contributed by atoms with van der Waals surface area (Å²) in [5.41, 5.74) is 2.44. The summed E-state index contributed by atoms with van der Waals surface area (Å²) in [5, 5.41) is 3.70. The van der Waals surface area contributed by atoms with Crippen molar-refractivity contribution in [3.63, 3.8) is 0 Å². The fourth-order valence-corrected chi connectivity index (χ4v) is 2.53. The molecule has 0 spiro atoms. The zero-order valence-electron chi connectivity index (χ0n) is 12.5. The third-order valence-corrected chi connectivity index (χ3v) is 3.82. The van der Waals surface area contributed by atoms with Crippen LogP contribution in [0.25, 0.3) is 10.9 Å². The number of pyridine rings is 1. The maximum Gasteiger partial charge on any atom is 0.262 e. The molecular weight excluding hydrogens is 356 g/mol. The predicted molar refractivity (Wildman–Crippen MR) is 94.7 cm³/mol. The second kappa shape index (κ2) is 6.79. The number of carbonyl (C=O) groups is 1. The van der Waals surface area contributed by atoms with E-state index in [1.807, 2.05) is 61.5 Å². The molecule has 1 N–H and O–H groups in total. The molecule has 0 atom stereocenters. The number of nitrogens with zero attached hydrogens (tertiary/aromatic N) is 1. The maximum atomic E-state index is 12.0. The monoisotopic (exact) mass is 370 g/mol. The molecule has 23 heavy (non-hydrogen) atoms. The van der Waals surface area contributed by atoms with E-state index in [1.165, 1.54) is 0 Å². The molecule has 116 valence electrons. The lowest BCUT2D eigenvalue weighted by molar-refractivity contribution is -0.118. The number of benzene rings is 2. The van der Waals surface area contributed by atoms with Crippen LogP contribution >= 0.6 is 15.9 Å². The van der Waals surface area contributed by atoms with E-state index in [2.05, 4.69) is 26.2 Å². The third-order valence-electron chi connectivity index (χ3n) is 3.29. The van der Waals surface area contributed by atoms with Crippen LogP contribution in [0.15, 0.2) is 59.1 Å². The van der Waals surface area contributed by atoms with Gasteiger partial charge in [-0.25, -0.2) is 0 Å². The molecule has 3 rings (SSSR count). The van der Waals surface area contributed by atoms with E-state index < -0.39 is 0 Å². The lowest BCUT2D eigenvalue weighted by Gasteiger charge is -2.10. The predicted octanol–water partition coefficient (Wildman–Crippen LogP) is 4.32. The molecule has 0 saturated heterocycles.